The molecule has 160 valence electrons. The van der Waals surface area contributed by atoms with Crippen LogP contribution in [0.25, 0.3) is 0 Å². The van der Waals surface area contributed by atoms with Crippen LogP contribution in [0.4, 0.5) is 4.79 Å². The Labute approximate surface area is 182 Å². The highest BCUT2D eigenvalue weighted by molar-refractivity contribution is 7.99. The first kappa shape index (κ1) is 22.2. The van der Waals surface area contributed by atoms with Crippen LogP contribution < -0.4 is 5.32 Å². The van der Waals surface area contributed by atoms with Gasteiger partial charge in [-0.2, -0.15) is 0 Å². The number of carbonyl (C=O) groups is 2. The van der Waals surface area contributed by atoms with E-state index >= 15 is 0 Å². The van der Waals surface area contributed by atoms with Crippen LogP contribution in [-0.4, -0.2) is 47.1 Å². The number of nitrogens with one attached hydrogen (secondary N) is 1. The van der Waals surface area contributed by atoms with Crippen LogP contribution in [0, 0.1) is 5.92 Å². The van der Waals surface area contributed by atoms with Gasteiger partial charge in [-0.3, -0.25) is 4.79 Å². The Morgan fingerprint density at radius 1 is 1.13 bits per heavy atom. The van der Waals surface area contributed by atoms with E-state index in [1.54, 1.807) is 12.3 Å². The van der Waals surface area contributed by atoms with E-state index in [0.29, 0.717) is 31.1 Å². The van der Waals surface area contributed by atoms with E-state index in [-0.39, 0.29) is 12.0 Å². The average Bonchev–Trinajstić information content (AvgIpc) is 2.72. The van der Waals surface area contributed by atoms with E-state index in [4.69, 9.17) is 4.74 Å². The fourth-order valence-corrected chi connectivity index (χ4v) is 4.18. The van der Waals surface area contributed by atoms with Crippen molar-refractivity contribution in [3.05, 3.63) is 54.2 Å². The number of aromatic nitrogens is 1. The highest BCUT2D eigenvalue weighted by Gasteiger charge is 2.26. The highest BCUT2D eigenvalue weighted by atomic mass is 32.2. The molecular weight excluding hydrogens is 398 g/mol. The van der Waals surface area contributed by atoms with E-state index in [9.17, 15) is 9.59 Å². The van der Waals surface area contributed by atoms with Crippen LogP contribution >= 0.6 is 11.8 Å². The molecule has 0 bridgehead atoms. The van der Waals surface area contributed by atoms with E-state index in [0.717, 1.165) is 22.8 Å². The van der Waals surface area contributed by atoms with Crippen LogP contribution in [-0.2, 0) is 4.74 Å². The Hall–Kier alpha value is -2.54. The van der Waals surface area contributed by atoms with Crippen molar-refractivity contribution in [3.63, 3.8) is 0 Å². The fraction of sp³-hybridized carbons (Fsp3) is 0.435. The van der Waals surface area contributed by atoms with Gasteiger partial charge in [-0.05, 0) is 63.8 Å². The lowest BCUT2D eigenvalue weighted by molar-refractivity contribution is 0.0500. The molecular formula is C23H29N3O3S. The van der Waals surface area contributed by atoms with Crippen LogP contribution in [0.2, 0.25) is 0 Å². The molecule has 2 amide bonds. The molecule has 1 aliphatic rings. The summed E-state index contributed by atoms with van der Waals surface area (Å²) in [6.45, 7) is 7.45. The van der Waals surface area contributed by atoms with Crippen molar-refractivity contribution in [2.24, 2.45) is 5.92 Å². The third-order valence-corrected chi connectivity index (χ3v) is 5.82. The average molecular weight is 428 g/mol. The Kier molecular flexibility index (Phi) is 7.37. The maximum Gasteiger partial charge on any atom is 0.407 e. The number of alkyl carbamates (subject to hydrolysis) is 1. The quantitative estimate of drug-likeness (QED) is 0.754. The van der Waals surface area contributed by atoms with Gasteiger partial charge in [-0.1, -0.05) is 30.0 Å². The van der Waals surface area contributed by atoms with E-state index in [1.807, 2.05) is 62.1 Å². The highest BCUT2D eigenvalue weighted by Crippen LogP contribution is 2.29. The van der Waals surface area contributed by atoms with Gasteiger partial charge < -0.3 is 15.0 Å². The molecule has 1 aromatic carbocycles. The third kappa shape index (κ3) is 6.49. The first-order valence-electron chi connectivity index (χ1n) is 10.3. The molecule has 7 heteroatoms. The number of benzene rings is 1. The van der Waals surface area contributed by atoms with Gasteiger partial charge in [0.1, 0.15) is 10.6 Å². The van der Waals surface area contributed by atoms with Crippen molar-refractivity contribution in [1.82, 2.24) is 15.2 Å². The summed E-state index contributed by atoms with van der Waals surface area (Å²) in [5.41, 5.74) is 0.135. The Balaban J connectivity index is 1.54. The standard InChI is InChI=1S/C23H29N3O3S/c1-23(2,3)29-22(28)25-16-17-11-14-26(15-12-17)21(27)19-10-7-13-24-20(19)30-18-8-5-4-6-9-18/h4-10,13,17H,11-12,14-16H2,1-3H3,(H,25,28). The number of likely N-dealkylation sites (tertiary alicyclic amines) is 1. The van der Waals surface area contributed by atoms with Crippen molar-refractivity contribution in [2.75, 3.05) is 19.6 Å². The predicted octanol–water partition coefficient (Wildman–Crippen LogP) is 4.61. The van der Waals surface area contributed by atoms with Crippen LogP contribution in [0.5, 0.6) is 0 Å². The number of piperidine rings is 1. The van der Waals surface area contributed by atoms with Gasteiger partial charge in [0.05, 0.1) is 5.56 Å². The second-order valence-corrected chi connectivity index (χ2v) is 9.45. The normalized spacial score (nSPS) is 15.0. The number of nitrogens with zero attached hydrogens (tertiary/aromatic N) is 2. The summed E-state index contributed by atoms with van der Waals surface area (Å²) >= 11 is 1.50. The fourth-order valence-electron chi connectivity index (χ4n) is 3.29. The second-order valence-electron chi connectivity index (χ2n) is 8.39. The zero-order chi connectivity index (χ0) is 21.6. The topological polar surface area (TPSA) is 71.5 Å². The molecule has 30 heavy (non-hydrogen) atoms. The summed E-state index contributed by atoms with van der Waals surface area (Å²) in [7, 11) is 0. The number of ether oxygens (including phenoxy) is 1. The lowest BCUT2D eigenvalue weighted by Crippen LogP contribution is -2.42. The van der Waals surface area contributed by atoms with Gasteiger partial charge in [0.2, 0.25) is 0 Å². The predicted molar refractivity (Wildman–Crippen MR) is 118 cm³/mol. The smallest absolute Gasteiger partial charge is 0.407 e. The molecule has 0 spiro atoms. The summed E-state index contributed by atoms with van der Waals surface area (Å²) in [4.78, 5) is 32.3. The van der Waals surface area contributed by atoms with Crippen molar-refractivity contribution in [3.8, 4) is 0 Å². The van der Waals surface area contributed by atoms with Gasteiger partial charge >= 0.3 is 6.09 Å². The number of amides is 2. The van der Waals surface area contributed by atoms with E-state index < -0.39 is 5.60 Å². The summed E-state index contributed by atoms with van der Waals surface area (Å²) < 4.78 is 5.28. The molecule has 3 rings (SSSR count). The van der Waals surface area contributed by atoms with Crippen molar-refractivity contribution >= 4 is 23.8 Å². The molecule has 1 fully saturated rings. The minimum atomic E-state index is -0.501. The van der Waals surface area contributed by atoms with Crippen molar-refractivity contribution in [2.45, 2.75) is 49.1 Å². The number of rotatable bonds is 5. The van der Waals surface area contributed by atoms with Gasteiger partial charge in [0, 0.05) is 30.7 Å². The maximum atomic E-state index is 13.1. The number of hydrogen-bond acceptors (Lipinski definition) is 5. The molecule has 2 aromatic rings. The van der Waals surface area contributed by atoms with Crippen LogP contribution in [0.1, 0.15) is 44.0 Å². The molecule has 1 saturated heterocycles. The molecule has 0 aliphatic carbocycles. The first-order chi connectivity index (χ1) is 14.3. The number of carbonyl (C=O) groups excluding carboxylic acids is 2. The SMILES string of the molecule is CC(C)(C)OC(=O)NCC1CCN(C(=O)c2cccnc2Sc2ccccc2)CC1. The molecule has 6 nitrogen and oxygen atoms in total. The van der Waals surface area contributed by atoms with E-state index in [2.05, 4.69) is 10.3 Å². The lowest BCUT2D eigenvalue weighted by atomic mass is 9.96. The van der Waals surface area contributed by atoms with Gasteiger partial charge in [-0.15, -0.1) is 0 Å². The van der Waals surface area contributed by atoms with Crippen LogP contribution in [0.3, 0.4) is 0 Å². The Morgan fingerprint density at radius 3 is 2.50 bits per heavy atom. The first-order valence-corrected chi connectivity index (χ1v) is 11.1. The molecule has 1 N–H and O–H groups in total. The van der Waals surface area contributed by atoms with Crippen molar-refractivity contribution < 1.29 is 14.3 Å². The zero-order valence-corrected chi connectivity index (χ0v) is 18.6. The van der Waals surface area contributed by atoms with E-state index in [1.165, 1.54) is 11.8 Å². The molecule has 0 radical (unpaired) electrons. The third-order valence-electron chi connectivity index (χ3n) is 4.79. The monoisotopic (exact) mass is 427 g/mol. The second kappa shape index (κ2) is 9.98. The van der Waals surface area contributed by atoms with Gasteiger partial charge in [0.15, 0.2) is 0 Å². The van der Waals surface area contributed by atoms with Crippen molar-refractivity contribution in [1.29, 1.82) is 0 Å². The largest absolute Gasteiger partial charge is 0.444 e. The van der Waals surface area contributed by atoms with Crippen LogP contribution in [0.15, 0.2) is 58.6 Å². The van der Waals surface area contributed by atoms with Gasteiger partial charge in [0.25, 0.3) is 5.91 Å². The molecule has 0 unspecified atom stereocenters. The zero-order valence-electron chi connectivity index (χ0n) is 17.8. The maximum absolute atomic E-state index is 13.1. The lowest BCUT2D eigenvalue weighted by Gasteiger charge is -2.32. The molecule has 2 heterocycles. The minimum Gasteiger partial charge on any atom is -0.444 e. The van der Waals surface area contributed by atoms with Gasteiger partial charge in [-0.25, -0.2) is 9.78 Å². The minimum absolute atomic E-state index is 0.0140. The Bertz CT molecular complexity index is 859. The molecule has 1 aromatic heterocycles. The summed E-state index contributed by atoms with van der Waals surface area (Å²) in [6, 6.07) is 13.6. The number of pyridine rings is 1. The summed E-state index contributed by atoms with van der Waals surface area (Å²) in [5, 5.41) is 3.57. The molecule has 0 saturated carbocycles. The molecule has 0 atom stereocenters. The molecule has 1 aliphatic heterocycles. The number of hydrogen-bond donors (Lipinski definition) is 1. The summed E-state index contributed by atoms with van der Waals surface area (Å²) in [6.07, 6.45) is 3.03. The Morgan fingerprint density at radius 2 is 1.83 bits per heavy atom. The summed E-state index contributed by atoms with van der Waals surface area (Å²) in [5.74, 6) is 0.355.